The van der Waals surface area contributed by atoms with Crippen LogP contribution in [-0.4, -0.2) is 42.0 Å². The van der Waals surface area contributed by atoms with Crippen molar-refractivity contribution < 1.29 is 27.9 Å². The molecule has 1 aromatic carbocycles. The minimum atomic E-state index is -0.778. The second kappa shape index (κ2) is 7.19. The van der Waals surface area contributed by atoms with Crippen LogP contribution in [0, 0.1) is 46.7 Å². The predicted octanol–water partition coefficient (Wildman–Crippen LogP) is 3.92. The number of oxazole rings is 1. The number of nitrogens with one attached hydrogen (secondary N) is 1. The fraction of sp³-hybridized carbons (Fsp3) is 0.393. The Hall–Kier alpha value is -3.57. The van der Waals surface area contributed by atoms with Gasteiger partial charge < -0.3 is 19.2 Å². The number of aromatic nitrogens is 2. The third-order valence-electron chi connectivity index (χ3n) is 10.7. The summed E-state index contributed by atoms with van der Waals surface area (Å²) >= 11 is 7.97. The van der Waals surface area contributed by atoms with E-state index >= 15 is 0 Å². The van der Waals surface area contributed by atoms with Gasteiger partial charge in [0.1, 0.15) is 18.1 Å². The topological polar surface area (TPSA) is 116 Å². The lowest BCUT2D eigenvalue weighted by molar-refractivity contribution is -0.621. The second-order valence-electron chi connectivity index (χ2n) is 11.3. The number of hydrogen-bond acceptors (Lipinski definition) is 10. The number of halogens is 2. The van der Waals surface area contributed by atoms with E-state index in [1.807, 2.05) is 5.38 Å². The molecule has 202 valence electrons. The number of nitrogens with zero attached hydrogens (tertiary/aromatic N) is 3. The molecule has 40 heavy (non-hydrogen) atoms. The Morgan fingerprint density at radius 1 is 1.07 bits per heavy atom. The number of carbonyl (C=O) groups is 2. The molecule has 6 fully saturated rings. The number of allylic oxidation sites excluding steroid dienone is 1. The first-order valence-electron chi connectivity index (χ1n) is 13.0. The molecule has 0 amide bonds. The number of thiazole rings is 1. The first-order chi connectivity index (χ1) is 19.4. The van der Waals surface area contributed by atoms with Crippen LogP contribution in [0.15, 0.2) is 56.7 Å². The molecule has 0 bridgehead atoms. The van der Waals surface area contributed by atoms with Crippen molar-refractivity contribution >= 4 is 40.7 Å². The van der Waals surface area contributed by atoms with Gasteiger partial charge in [0.2, 0.25) is 5.89 Å². The minimum Gasteiger partial charge on any atom is -0.466 e. The van der Waals surface area contributed by atoms with E-state index < -0.39 is 23.8 Å². The van der Waals surface area contributed by atoms with Crippen LogP contribution in [0.5, 0.6) is 0 Å². The Bertz CT molecular complexity index is 1690. The quantitative estimate of drug-likeness (QED) is 0.438. The van der Waals surface area contributed by atoms with Crippen LogP contribution >= 0.6 is 22.9 Å². The van der Waals surface area contributed by atoms with Crippen molar-refractivity contribution in [2.75, 3.05) is 14.2 Å². The summed E-state index contributed by atoms with van der Waals surface area (Å²) in [4.78, 5) is 39.3. The Kier molecular flexibility index (Phi) is 4.16. The van der Waals surface area contributed by atoms with E-state index in [0.29, 0.717) is 63.4 Å². The number of rotatable bonds is 6. The molecule has 9 nitrogen and oxygen atoms in total. The second-order valence-corrected chi connectivity index (χ2v) is 12.6. The fourth-order valence-electron chi connectivity index (χ4n) is 9.74. The molecule has 6 aliphatic carbocycles. The summed E-state index contributed by atoms with van der Waals surface area (Å²) in [6.45, 7) is 0. The van der Waals surface area contributed by atoms with Crippen LogP contribution in [0.1, 0.15) is 33.0 Å². The zero-order valence-electron chi connectivity index (χ0n) is 21.1. The van der Waals surface area contributed by atoms with Crippen molar-refractivity contribution in [3.63, 3.8) is 0 Å². The highest BCUT2D eigenvalue weighted by Gasteiger charge is 3.11. The molecular weight excluding hydrogens is 559 g/mol. The van der Waals surface area contributed by atoms with Gasteiger partial charge in [0.25, 0.3) is 0 Å². The monoisotopic (exact) mass is 578 g/mol. The molecule has 3 heterocycles. The average molecular weight is 579 g/mol. The maximum atomic E-state index is 14.0. The highest BCUT2D eigenvalue weighted by atomic mass is 35.5. The first-order valence-corrected chi connectivity index (χ1v) is 14.2. The van der Waals surface area contributed by atoms with Gasteiger partial charge in [0.15, 0.2) is 16.5 Å². The van der Waals surface area contributed by atoms with Crippen LogP contribution in [0.25, 0.3) is 0 Å². The van der Waals surface area contributed by atoms with Crippen LogP contribution in [0.2, 0.25) is 5.02 Å². The number of methoxy groups -OCH3 is 2. The van der Waals surface area contributed by atoms with Crippen molar-refractivity contribution in [1.29, 1.82) is 0 Å². The molecule has 1 N–H and O–H groups in total. The first kappa shape index (κ1) is 23.2. The maximum Gasteiger partial charge on any atom is 0.360 e. The fourth-order valence-corrected chi connectivity index (χ4v) is 10.6. The summed E-state index contributed by atoms with van der Waals surface area (Å²) < 4.78 is 29.9. The Morgan fingerprint density at radius 3 is 2.40 bits per heavy atom. The van der Waals surface area contributed by atoms with Crippen LogP contribution in [0.4, 0.5) is 4.39 Å². The Balaban J connectivity index is 1.14. The number of hydrogen-bond donors (Lipinski definition) is 1. The molecule has 0 radical (unpaired) electrons. The lowest BCUT2D eigenvalue weighted by atomic mass is 8.92. The van der Waals surface area contributed by atoms with Crippen molar-refractivity contribution in [2.45, 2.75) is 11.5 Å². The van der Waals surface area contributed by atoms with E-state index in [2.05, 4.69) is 15.3 Å². The molecule has 7 aliphatic rings. The number of benzene rings is 1. The lowest BCUT2D eigenvalue weighted by Gasteiger charge is -3.10. The van der Waals surface area contributed by atoms with E-state index in [-0.39, 0.29) is 21.5 Å². The van der Waals surface area contributed by atoms with E-state index in [0.717, 1.165) is 5.70 Å². The van der Waals surface area contributed by atoms with Gasteiger partial charge in [0, 0.05) is 33.3 Å². The highest BCUT2D eigenvalue weighted by Crippen LogP contribution is 3.10. The summed E-state index contributed by atoms with van der Waals surface area (Å²) in [6, 6.07) is 3.36. The number of carbonyl (C=O) groups excluding carboxylic acids is 2. The van der Waals surface area contributed by atoms with Crippen LogP contribution in [0.3, 0.4) is 0 Å². The minimum absolute atomic E-state index is 0.124. The molecule has 12 heteroatoms. The lowest BCUT2D eigenvalue weighted by Crippen LogP contribution is -3.11. The zero-order valence-corrected chi connectivity index (χ0v) is 22.6. The molecular formula is C28H20ClFN4O5S. The third kappa shape index (κ3) is 2.16. The van der Waals surface area contributed by atoms with Crippen LogP contribution < -0.4 is 5.32 Å². The van der Waals surface area contributed by atoms with Gasteiger partial charge in [0.05, 0.1) is 25.2 Å². The summed E-state index contributed by atoms with van der Waals surface area (Å²) in [7, 11) is 2.68. The van der Waals surface area contributed by atoms with Gasteiger partial charge in [-0.05, 0) is 47.6 Å². The normalized spacial score (nSPS) is 38.4. The van der Waals surface area contributed by atoms with Gasteiger partial charge in [-0.15, -0.1) is 11.3 Å². The summed E-state index contributed by atoms with van der Waals surface area (Å²) in [5, 5.41) is 6.27. The van der Waals surface area contributed by atoms with Gasteiger partial charge in [-0.3, -0.25) is 4.99 Å². The van der Waals surface area contributed by atoms with Gasteiger partial charge in [-0.25, -0.2) is 23.9 Å². The number of aliphatic imine (C=N–C) groups is 1. The van der Waals surface area contributed by atoms with Crippen molar-refractivity contribution in [2.24, 2.45) is 45.9 Å². The van der Waals surface area contributed by atoms with Gasteiger partial charge in [-0.1, -0.05) is 17.7 Å². The molecule has 0 spiro atoms. The van der Waals surface area contributed by atoms with Gasteiger partial charge >= 0.3 is 11.9 Å². The summed E-state index contributed by atoms with van der Waals surface area (Å²) in [5.74, 6) is 1.89. The van der Waals surface area contributed by atoms with Crippen molar-refractivity contribution in [1.82, 2.24) is 15.3 Å². The third-order valence-corrected chi connectivity index (χ3v) is 11.8. The molecule has 3 aromatic rings. The standard InChI is InChI=1S/C28H20ClFN4O5S/c1-37-24(35)12-8-39-26(32-12)28-17-14-18(28)16-19(28)15(17)27(14,16)21-13(25(36)38-2)20(10-4-3-9(30)7-11(10)29)33-22(34-21)23-31-5-6-40-23/h3-8,14-20H,1-2H3,(H,33,34). The molecule has 0 saturated heterocycles. The van der Waals surface area contributed by atoms with Gasteiger partial charge in [-0.2, -0.15) is 0 Å². The average Bonchev–Trinajstić information content (AvgIpc) is 3.69. The Morgan fingerprint density at radius 2 is 1.77 bits per heavy atom. The summed E-state index contributed by atoms with van der Waals surface area (Å²) in [6.07, 6.45) is 3.09. The SMILES string of the molecule is COC(=O)C1=C(C23C4C5C2C2C3C4C52c2nc(C(=O)OC)co2)NC(c2nccs2)=NC1c1ccc(F)cc1Cl. The van der Waals surface area contributed by atoms with Crippen molar-refractivity contribution in [3.05, 3.63) is 80.3 Å². The predicted molar refractivity (Wildman–Crippen MR) is 138 cm³/mol. The smallest absolute Gasteiger partial charge is 0.360 e. The molecule has 1 atom stereocenters. The number of amidine groups is 1. The molecule has 6 saturated carbocycles. The van der Waals surface area contributed by atoms with Crippen molar-refractivity contribution in [3.8, 4) is 0 Å². The zero-order chi connectivity index (χ0) is 27.3. The Labute approximate surface area is 235 Å². The molecule has 1 unspecified atom stereocenters. The van der Waals surface area contributed by atoms with Crippen LogP contribution in [-0.2, 0) is 19.7 Å². The van der Waals surface area contributed by atoms with E-state index in [4.69, 9.17) is 30.5 Å². The van der Waals surface area contributed by atoms with E-state index in [9.17, 15) is 14.0 Å². The number of esters is 2. The summed E-state index contributed by atoms with van der Waals surface area (Å²) in [5.41, 5.74) is 1.62. The number of ether oxygens (including phenoxy) is 2. The molecule has 2 aromatic heterocycles. The van der Waals surface area contributed by atoms with E-state index in [1.54, 1.807) is 12.3 Å². The highest BCUT2D eigenvalue weighted by molar-refractivity contribution is 7.11. The maximum absolute atomic E-state index is 14.0. The largest absolute Gasteiger partial charge is 0.466 e. The molecule has 10 rings (SSSR count). The molecule has 1 aliphatic heterocycles. The van der Waals surface area contributed by atoms with E-state index in [1.165, 1.54) is 44.0 Å².